The quantitative estimate of drug-likeness (QED) is 0.815. The van der Waals surface area contributed by atoms with Gasteiger partial charge in [-0.2, -0.15) is 0 Å². The molecule has 0 saturated heterocycles. The third-order valence-electron chi connectivity index (χ3n) is 3.04. The van der Waals surface area contributed by atoms with Crippen LogP contribution in [0.25, 0.3) is 5.69 Å². The number of benzene rings is 1. The average molecular weight is 275 g/mol. The molecule has 2 rings (SSSR count). The van der Waals surface area contributed by atoms with Crippen molar-refractivity contribution >= 4 is 5.97 Å². The lowest BCUT2D eigenvalue weighted by atomic mass is 10.1. The molecule has 0 aliphatic carbocycles. The number of hydrogen-bond acceptors (Lipinski definition) is 6. The molecule has 2 atom stereocenters. The highest BCUT2D eigenvalue weighted by atomic mass is 16.5. The van der Waals surface area contributed by atoms with Gasteiger partial charge in [-0.25, -0.2) is 4.68 Å². The molecular weight excluding hydrogens is 258 g/mol. The predicted octanol–water partition coefficient (Wildman–Crippen LogP) is 0.874. The second-order valence-corrected chi connectivity index (χ2v) is 4.48. The average Bonchev–Trinajstić information content (AvgIpc) is 3.00. The van der Waals surface area contributed by atoms with Crippen molar-refractivity contribution < 1.29 is 9.53 Å². The summed E-state index contributed by atoms with van der Waals surface area (Å²) in [7, 11) is 1.38. The second-order valence-electron chi connectivity index (χ2n) is 4.48. The van der Waals surface area contributed by atoms with Gasteiger partial charge < -0.3 is 4.74 Å². The summed E-state index contributed by atoms with van der Waals surface area (Å²) in [6.45, 7) is 3.76. The molecule has 1 aromatic heterocycles. The molecule has 106 valence electrons. The normalized spacial score (nSPS) is 13.8. The molecule has 7 nitrogen and oxygen atoms in total. The molecule has 1 unspecified atom stereocenters. The zero-order valence-corrected chi connectivity index (χ0v) is 11.6. The van der Waals surface area contributed by atoms with Gasteiger partial charge in [-0.3, -0.25) is 10.1 Å². The lowest BCUT2D eigenvalue weighted by Crippen LogP contribution is -2.36. The van der Waals surface area contributed by atoms with Crippen molar-refractivity contribution in [2.24, 2.45) is 0 Å². The van der Waals surface area contributed by atoms with Crippen LogP contribution in [-0.2, 0) is 9.53 Å². The van der Waals surface area contributed by atoms with E-state index in [9.17, 15) is 4.79 Å². The Balaban J connectivity index is 2.12. The van der Waals surface area contributed by atoms with Crippen molar-refractivity contribution in [3.63, 3.8) is 0 Å². The Hall–Kier alpha value is -2.28. The minimum Gasteiger partial charge on any atom is -0.468 e. The number of carbonyl (C=O) groups excluding carboxylic acids is 1. The number of carbonyl (C=O) groups is 1. The van der Waals surface area contributed by atoms with Gasteiger partial charge in [0.05, 0.1) is 12.8 Å². The summed E-state index contributed by atoms with van der Waals surface area (Å²) in [5, 5.41) is 14.3. The zero-order valence-electron chi connectivity index (χ0n) is 11.6. The van der Waals surface area contributed by atoms with E-state index in [-0.39, 0.29) is 18.1 Å². The number of nitrogens with zero attached hydrogens (tertiary/aromatic N) is 4. The zero-order chi connectivity index (χ0) is 14.5. The summed E-state index contributed by atoms with van der Waals surface area (Å²) in [5.74, 6) is -0.284. The Bertz CT molecular complexity index is 570. The van der Waals surface area contributed by atoms with Crippen LogP contribution in [0.1, 0.15) is 25.5 Å². The fourth-order valence-corrected chi connectivity index (χ4v) is 1.93. The highest BCUT2D eigenvalue weighted by molar-refractivity contribution is 5.75. The van der Waals surface area contributed by atoms with E-state index in [1.807, 2.05) is 31.2 Å². The maximum atomic E-state index is 11.4. The third-order valence-corrected chi connectivity index (χ3v) is 3.04. The molecule has 2 aromatic rings. The van der Waals surface area contributed by atoms with Crippen LogP contribution in [0.15, 0.2) is 30.6 Å². The van der Waals surface area contributed by atoms with Crippen LogP contribution in [0.5, 0.6) is 0 Å². The Morgan fingerprint density at radius 3 is 2.85 bits per heavy atom. The molecule has 0 aliphatic rings. The Kier molecular flexibility index (Phi) is 4.41. The van der Waals surface area contributed by atoms with Gasteiger partial charge in [0.1, 0.15) is 12.4 Å². The van der Waals surface area contributed by atoms with E-state index in [2.05, 4.69) is 20.8 Å². The Morgan fingerprint density at radius 1 is 1.40 bits per heavy atom. The fourth-order valence-electron chi connectivity index (χ4n) is 1.93. The lowest BCUT2D eigenvalue weighted by molar-refractivity contribution is -0.142. The van der Waals surface area contributed by atoms with Gasteiger partial charge in [0.2, 0.25) is 0 Å². The lowest BCUT2D eigenvalue weighted by Gasteiger charge is -2.19. The van der Waals surface area contributed by atoms with E-state index in [1.54, 1.807) is 11.6 Å². The number of tetrazole rings is 1. The first kappa shape index (κ1) is 14.1. The van der Waals surface area contributed by atoms with Gasteiger partial charge in [0.15, 0.2) is 0 Å². The largest absolute Gasteiger partial charge is 0.468 e. The van der Waals surface area contributed by atoms with Crippen LogP contribution >= 0.6 is 0 Å². The molecule has 0 amide bonds. The van der Waals surface area contributed by atoms with Crippen LogP contribution in [0.4, 0.5) is 0 Å². The number of hydrogen-bond donors (Lipinski definition) is 1. The van der Waals surface area contributed by atoms with Gasteiger partial charge >= 0.3 is 5.97 Å². The molecule has 1 heterocycles. The number of methoxy groups -OCH3 is 1. The number of ether oxygens (including phenoxy) is 1. The molecule has 1 aromatic carbocycles. The van der Waals surface area contributed by atoms with Crippen LogP contribution in [0.3, 0.4) is 0 Å². The van der Waals surface area contributed by atoms with E-state index >= 15 is 0 Å². The standard InChI is InChI=1S/C13H17N5O2/c1-9(15-10(2)13(19)20-3)11-5-4-6-12(7-11)18-8-14-16-17-18/h4-10,15H,1-3H3/t9?,10-/m0/s1. The van der Waals surface area contributed by atoms with Crippen molar-refractivity contribution in [2.45, 2.75) is 25.9 Å². The smallest absolute Gasteiger partial charge is 0.322 e. The van der Waals surface area contributed by atoms with E-state index in [0.29, 0.717) is 0 Å². The number of esters is 1. The SMILES string of the molecule is COC(=O)[C@H](C)NC(C)c1cccc(-n2cnnn2)c1. The molecular formula is C13H17N5O2. The van der Waals surface area contributed by atoms with Gasteiger partial charge in [-0.15, -0.1) is 5.10 Å². The summed E-state index contributed by atoms with van der Waals surface area (Å²) in [5.41, 5.74) is 1.90. The monoisotopic (exact) mass is 275 g/mol. The Labute approximate surface area is 116 Å². The fraction of sp³-hybridized carbons (Fsp3) is 0.385. The van der Waals surface area contributed by atoms with E-state index in [1.165, 1.54) is 13.4 Å². The molecule has 0 aliphatic heterocycles. The number of rotatable bonds is 5. The molecule has 0 radical (unpaired) electrons. The van der Waals surface area contributed by atoms with E-state index < -0.39 is 0 Å². The maximum absolute atomic E-state index is 11.4. The van der Waals surface area contributed by atoms with Crippen molar-refractivity contribution in [2.75, 3.05) is 7.11 Å². The van der Waals surface area contributed by atoms with Crippen molar-refractivity contribution in [3.8, 4) is 5.69 Å². The van der Waals surface area contributed by atoms with Crippen molar-refractivity contribution in [1.82, 2.24) is 25.5 Å². The first-order valence-corrected chi connectivity index (χ1v) is 6.29. The minimum absolute atomic E-state index is 0.000491. The minimum atomic E-state index is -0.369. The van der Waals surface area contributed by atoms with Gasteiger partial charge in [-0.05, 0) is 42.0 Å². The number of nitrogens with one attached hydrogen (secondary N) is 1. The van der Waals surface area contributed by atoms with E-state index in [4.69, 9.17) is 4.74 Å². The summed E-state index contributed by atoms with van der Waals surface area (Å²) in [6, 6.07) is 7.42. The summed E-state index contributed by atoms with van der Waals surface area (Å²) in [6.07, 6.45) is 1.54. The Morgan fingerprint density at radius 2 is 2.20 bits per heavy atom. The molecule has 0 spiro atoms. The predicted molar refractivity (Wildman–Crippen MR) is 72.2 cm³/mol. The summed E-state index contributed by atoms with van der Waals surface area (Å²) >= 11 is 0. The molecule has 0 bridgehead atoms. The maximum Gasteiger partial charge on any atom is 0.322 e. The topological polar surface area (TPSA) is 81.9 Å². The van der Waals surface area contributed by atoms with Crippen molar-refractivity contribution in [3.05, 3.63) is 36.2 Å². The molecule has 1 N–H and O–H groups in total. The molecule has 20 heavy (non-hydrogen) atoms. The van der Waals surface area contributed by atoms with Crippen molar-refractivity contribution in [1.29, 1.82) is 0 Å². The highest BCUT2D eigenvalue weighted by Crippen LogP contribution is 2.16. The second kappa shape index (κ2) is 6.25. The highest BCUT2D eigenvalue weighted by Gasteiger charge is 2.16. The molecule has 0 fully saturated rings. The first-order chi connectivity index (χ1) is 9.61. The van der Waals surface area contributed by atoms with Gasteiger partial charge in [0.25, 0.3) is 0 Å². The van der Waals surface area contributed by atoms with Gasteiger partial charge in [-0.1, -0.05) is 12.1 Å². The summed E-state index contributed by atoms with van der Waals surface area (Å²) in [4.78, 5) is 11.4. The van der Waals surface area contributed by atoms with E-state index in [0.717, 1.165) is 11.3 Å². The van der Waals surface area contributed by atoms with Crippen LogP contribution in [0.2, 0.25) is 0 Å². The molecule has 0 saturated carbocycles. The van der Waals surface area contributed by atoms with Crippen LogP contribution in [0, 0.1) is 0 Å². The third kappa shape index (κ3) is 3.18. The summed E-state index contributed by atoms with van der Waals surface area (Å²) < 4.78 is 6.28. The van der Waals surface area contributed by atoms with Gasteiger partial charge in [0, 0.05) is 6.04 Å². The molecule has 7 heteroatoms. The van der Waals surface area contributed by atoms with Crippen LogP contribution in [-0.4, -0.2) is 39.3 Å². The number of aromatic nitrogens is 4. The van der Waals surface area contributed by atoms with Crippen LogP contribution < -0.4 is 5.32 Å². The first-order valence-electron chi connectivity index (χ1n) is 6.29.